The normalized spacial score (nSPS) is 19.4. The molecule has 3 rings (SSSR count). The topological polar surface area (TPSA) is 51.1 Å². The van der Waals surface area contributed by atoms with E-state index in [1.807, 2.05) is 17.2 Å². The van der Waals surface area contributed by atoms with E-state index >= 15 is 0 Å². The van der Waals surface area contributed by atoms with E-state index in [9.17, 15) is 4.79 Å². The van der Waals surface area contributed by atoms with Gasteiger partial charge in [0.1, 0.15) is 0 Å². The average Bonchev–Trinajstić information content (AvgIpc) is 3.01. The van der Waals surface area contributed by atoms with Gasteiger partial charge in [-0.1, -0.05) is 13.3 Å². The fourth-order valence-corrected chi connectivity index (χ4v) is 4.11. The molecule has 2 aliphatic rings. The Balaban J connectivity index is 1.89. The van der Waals surface area contributed by atoms with Crippen LogP contribution in [0.15, 0.2) is 17.1 Å². The van der Waals surface area contributed by atoms with E-state index in [1.165, 1.54) is 12.0 Å². The maximum absolute atomic E-state index is 12.8. The minimum absolute atomic E-state index is 0.00830. The summed E-state index contributed by atoms with van der Waals surface area (Å²) in [5, 5.41) is 0. The second kappa shape index (κ2) is 7.28. The lowest BCUT2D eigenvalue weighted by Crippen LogP contribution is -2.35. The van der Waals surface area contributed by atoms with Crippen molar-refractivity contribution in [3.05, 3.63) is 17.7 Å². The highest BCUT2D eigenvalue weighted by atomic mass is 32.2. The number of methoxy groups -OCH3 is 1. The largest absolute Gasteiger partial charge is 0.493 e. The zero-order valence-electron chi connectivity index (χ0n) is 15.4. The Morgan fingerprint density at radius 1 is 1.36 bits per heavy atom. The Morgan fingerprint density at radius 2 is 2.16 bits per heavy atom. The van der Waals surface area contributed by atoms with Gasteiger partial charge in [0.05, 0.1) is 36.4 Å². The number of carbonyl (C=O) groups is 1. The summed E-state index contributed by atoms with van der Waals surface area (Å²) in [6, 6.07) is 3.69. The first-order valence-corrected chi connectivity index (χ1v) is 9.62. The lowest BCUT2D eigenvalue weighted by Gasteiger charge is -2.23. The third-order valence-electron chi connectivity index (χ3n) is 4.67. The van der Waals surface area contributed by atoms with Crippen molar-refractivity contribution in [2.24, 2.45) is 4.99 Å². The monoisotopic (exact) mass is 362 g/mol. The van der Waals surface area contributed by atoms with E-state index < -0.39 is 0 Å². The first kappa shape index (κ1) is 18.1. The Morgan fingerprint density at radius 3 is 2.88 bits per heavy atom. The Kier molecular flexibility index (Phi) is 5.27. The van der Waals surface area contributed by atoms with Crippen LogP contribution in [0.2, 0.25) is 0 Å². The molecular formula is C19H26N2O3S. The molecular weight excluding hydrogens is 336 g/mol. The molecule has 0 bridgehead atoms. The van der Waals surface area contributed by atoms with Gasteiger partial charge in [-0.05, 0) is 39.2 Å². The summed E-state index contributed by atoms with van der Waals surface area (Å²) in [5.41, 5.74) is 1.24. The van der Waals surface area contributed by atoms with Crippen LogP contribution in [0.5, 0.6) is 11.5 Å². The number of fused-ring (bicyclic) bond motifs is 2. The van der Waals surface area contributed by atoms with Crippen LogP contribution in [0.4, 0.5) is 5.69 Å². The van der Waals surface area contributed by atoms with Crippen LogP contribution in [0, 0.1) is 0 Å². The highest BCUT2D eigenvalue weighted by molar-refractivity contribution is 7.96. The van der Waals surface area contributed by atoms with Crippen LogP contribution in [0.3, 0.4) is 0 Å². The van der Waals surface area contributed by atoms with E-state index in [4.69, 9.17) is 8.92 Å². The molecule has 0 N–H and O–H groups in total. The molecule has 0 aromatic heterocycles. The molecule has 1 atom stereocenters. The fraction of sp³-hybridized carbons (Fsp3) is 0.579. The van der Waals surface area contributed by atoms with Gasteiger partial charge in [0.25, 0.3) is 5.91 Å². The third-order valence-corrected chi connectivity index (χ3v) is 5.59. The second-order valence-corrected chi connectivity index (χ2v) is 8.62. The zero-order chi connectivity index (χ0) is 18.0. The molecule has 2 heterocycles. The molecule has 6 heteroatoms. The number of hydrogen-bond donors (Lipinski definition) is 0. The maximum Gasteiger partial charge on any atom is 0.256 e. The molecule has 0 aliphatic carbocycles. The number of nitrogens with zero attached hydrogens (tertiary/aromatic N) is 2. The molecule has 1 aromatic rings. The number of benzene rings is 1. The fourth-order valence-electron chi connectivity index (χ4n) is 3.37. The summed E-state index contributed by atoms with van der Waals surface area (Å²) in [5.74, 6) is 1.21. The highest BCUT2D eigenvalue weighted by Gasteiger charge is 2.32. The van der Waals surface area contributed by atoms with E-state index in [-0.39, 0.29) is 16.7 Å². The predicted octanol–water partition coefficient (Wildman–Crippen LogP) is 4.62. The smallest absolute Gasteiger partial charge is 0.256 e. The number of ether oxygens (including phenoxy) is 1. The van der Waals surface area contributed by atoms with E-state index in [1.54, 1.807) is 13.2 Å². The minimum atomic E-state index is 0.00830. The molecule has 25 heavy (non-hydrogen) atoms. The standard InChI is InChI=1S/C19H26N2O3S/c1-5-8-19(2,3)25-24-17-11-15-14(10-16(17)23-4)18(22)21-9-6-7-13(21)12-20-15/h10-13H,5-9H2,1-4H3. The van der Waals surface area contributed by atoms with Crippen molar-refractivity contribution in [3.63, 3.8) is 0 Å². The molecule has 136 valence electrons. The van der Waals surface area contributed by atoms with Crippen LogP contribution in [-0.2, 0) is 0 Å². The van der Waals surface area contributed by atoms with Gasteiger partial charge in [-0.15, -0.1) is 0 Å². The maximum atomic E-state index is 12.8. The van der Waals surface area contributed by atoms with Gasteiger partial charge in [0, 0.05) is 23.6 Å². The molecule has 0 radical (unpaired) electrons. The molecule has 0 spiro atoms. The summed E-state index contributed by atoms with van der Waals surface area (Å²) >= 11 is 1.43. The van der Waals surface area contributed by atoms with Crippen molar-refractivity contribution in [1.29, 1.82) is 0 Å². The summed E-state index contributed by atoms with van der Waals surface area (Å²) < 4.78 is 11.5. The molecule has 1 saturated heterocycles. The first-order valence-electron chi connectivity index (χ1n) is 8.88. The third kappa shape index (κ3) is 3.78. The molecule has 1 aromatic carbocycles. The Bertz CT molecular complexity index is 687. The average molecular weight is 362 g/mol. The summed E-state index contributed by atoms with van der Waals surface area (Å²) in [4.78, 5) is 19.3. The van der Waals surface area contributed by atoms with Crippen molar-refractivity contribution >= 4 is 29.9 Å². The summed E-state index contributed by atoms with van der Waals surface area (Å²) in [6.45, 7) is 7.27. The quantitative estimate of drug-likeness (QED) is 0.693. The van der Waals surface area contributed by atoms with Crippen molar-refractivity contribution < 1.29 is 13.7 Å². The Hall–Kier alpha value is -1.69. The molecule has 2 aliphatic heterocycles. The molecule has 0 saturated carbocycles. The van der Waals surface area contributed by atoms with Gasteiger partial charge < -0.3 is 13.8 Å². The number of aliphatic imine (C=N–C) groups is 1. The van der Waals surface area contributed by atoms with Crippen molar-refractivity contribution in [2.45, 2.75) is 57.2 Å². The van der Waals surface area contributed by atoms with E-state index in [0.717, 1.165) is 32.2 Å². The number of amides is 1. The van der Waals surface area contributed by atoms with Crippen LogP contribution >= 0.6 is 12.0 Å². The van der Waals surface area contributed by atoms with E-state index in [2.05, 4.69) is 25.8 Å². The zero-order valence-corrected chi connectivity index (χ0v) is 16.2. The number of rotatable bonds is 6. The first-order chi connectivity index (χ1) is 11.9. The lowest BCUT2D eigenvalue weighted by atomic mass is 10.1. The minimum Gasteiger partial charge on any atom is -0.493 e. The van der Waals surface area contributed by atoms with Crippen molar-refractivity contribution in [1.82, 2.24) is 4.90 Å². The summed E-state index contributed by atoms with van der Waals surface area (Å²) in [6.07, 6.45) is 6.05. The molecule has 1 unspecified atom stereocenters. The molecule has 1 fully saturated rings. The van der Waals surface area contributed by atoms with Gasteiger partial charge in [0.2, 0.25) is 0 Å². The number of carbonyl (C=O) groups excluding carboxylic acids is 1. The Labute approximate surface area is 154 Å². The van der Waals surface area contributed by atoms with Crippen LogP contribution in [-0.4, -0.2) is 41.5 Å². The van der Waals surface area contributed by atoms with E-state index in [0.29, 0.717) is 22.7 Å². The van der Waals surface area contributed by atoms with Crippen molar-refractivity contribution in [3.8, 4) is 11.5 Å². The van der Waals surface area contributed by atoms with Crippen LogP contribution in [0.25, 0.3) is 0 Å². The van der Waals surface area contributed by atoms with Crippen LogP contribution in [0.1, 0.15) is 56.8 Å². The summed E-state index contributed by atoms with van der Waals surface area (Å²) in [7, 11) is 1.60. The van der Waals surface area contributed by atoms with Gasteiger partial charge in [-0.3, -0.25) is 9.79 Å². The molecule has 5 nitrogen and oxygen atoms in total. The van der Waals surface area contributed by atoms with Gasteiger partial charge in [-0.2, -0.15) is 0 Å². The number of hydrogen-bond acceptors (Lipinski definition) is 5. The highest BCUT2D eigenvalue weighted by Crippen LogP contribution is 2.41. The predicted molar refractivity (Wildman–Crippen MR) is 102 cm³/mol. The second-order valence-electron chi connectivity index (χ2n) is 7.18. The van der Waals surface area contributed by atoms with Crippen molar-refractivity contribution in [2.75, 3.05) is 13.7 Å². The van der Waals surface area contributed by atoms with Crippen LogP contribution < -0.4 is 8.92 Å². The van der Waals surface area contributed by atoms with Gasteiger partial charge in [-0.25, -0.2) is 0 Å². The lowest BCUT2D eigenvalue weighted by molar-refractivity contribution is 0.0774. The van der Waals surface area contributed by atoms with Gasteiger partial charge in [0.15, 0.2) is 11.5 Å². The SMILES string of the molecule is CCCC(C)(C)SOc1cc2c(cc1OC)C(=O)N1CCCC1C=N2. The van der Waals surface area contributed by atoms with Gasteiger partial charge >= 0.3 is 0 Å². The molecule has 1 amide bonds.